The van der Waals surface area contributed by atoms with Crippen LogP contribution in [0.4, 0.5) is 0 Å². The molecule has 1 aliphatic rings. The molecule has 7 nitrogen and oxygen atoms in total. The molecule has 8 heteroatoms. The van der Waals surface area contributed by atoms with E-state index in [1.54, 1.807) is 6.92 Å². The molecule has 0 aliphatic heterocycles. The molecule has 0 saturated heterocycles. The monoisotopic (exact) mass is 396 g/mol. The molecule has 0 aromatic heterocycles. The standard InChI is InChI=1S/C19H28N2O5S/c1-4-20-27(24,25)16-11-9-15(10-12-16)19(23)26-14(3)18(22)21-17-8-6-5-7-13(17)2/h9-14,17,20H,4-8H2,1-3H3,(H,21,22)/t13-,14+,17+/m0/s1. The van der Waals surface area contributed by atoms with E-state index in [0.717, 1.165) is 19.3 Å². The van der Waals surface area contributed by atoms with E-state index in [1.807, 2.05) is 0 Å². The van der Waals surface area contributed by atoms with Crippen molar-refractivity contribution < 1.29 is 22.7 Å². The first kappa shape index (κ1) is 21.4. The third kappa shape index (κ3) is 5.77. The van der Waals surface area contributed by atoms with Crippen LogP contribution >= 0.6 is 0 Å². The van der Waals surface area contributed by atoms with Crippen molar-refractivity contribution in [2.24, 2.45) is 5.92 Å². The van der Waals surface area contributed by atoms with Crippen LogP contribution in [0.15, 0.2) is 29.2 Å². The zero-order chi connectivity index (χ0) is 20.0. The summed E-state index contributed by atoms with van der Waals surface area (Å²) in [6.07, 6.45) is 3.37. The van der Waals surface area contributed by atoms with Gasteiger partial charge in [-0.3, -0.25) is 4.79 Å². The molecular weight excluding hydrogens is 368 g/mol. The van der Waals surface area contributed by atoms with Crippen molar-refractivity contribution in [1.82, 2.24) is 10.0 Å². The van der Waals surface area contributed by atoms with Crippen LogP contribution in [0, 0.1) is 5.92 Å². The van der Waals surface area contributed by atoms with Crippen LogP contribution < -0.4 is 10.0 Å². The van der Waals surface area contributed by atoms with Gasteiger partial charge in [0.15, 0.2) is 6.10 Å². The van der Waals surface area contributed by atoms with E-state index >= 15 is 0 Å². The van der Waals surface area contributed by atoms with Gasteiger partial charge in [0.2, 0.25) is 10.0 Å². The molecule has 3 atom stereocenters. The van der Waals surface area contributed by atoms with Crippen LogP contribution in [0.5, 0.6) is 0 Å². The molecule has 150 valence electrons. The van der Waals surface area contributed by atoms with Gasteiger partial charge in [0.25, 0.3) is 5.91 Å². The Bertz CT molecular complexity index is 761. The highest BCUT2D eigenvalue weighted by atomic mass is 32.2. The molecule has 1 aliphatic carbocycles. The predicted octanol–water partition coefficient (Wildman–Crippen LogP) is 2.22. The molecule has 0 heterocycles. The van der Waals surface area contributed by atoms with E-state index in [-0.39, 0.29) is 29.0 Å². The van der Waals surface area contributed by atoms with E-state index in [0.29, 0.717) is 5.92 Å². The Labute approximate surface area is 160 Å². The fourth-order valence-electron chi connectivity index (χ4n) is 3.16. The lowest BCUT2D eigenvalue weighted by Gasteiger charge is -2.30. The van der Waals surface area contributed by atoms with Gasteiger partial charge in [0.05, 0.1) is 10.5 Å². The highest BCUT2D eigenvalue weighted by molar-refractivity contribution is 7.89. The number of amides is 1. The average molecular weight is 397 g/mol. The number of hydrogen-bond donors (Lipinski definition) is 2. The van der Waals surface area contributed by atoms with Crippen LogP contribution in [0.3, 0.4) is 0 Å². The summed E-state index contributed by atoms with van der Waals surface area (Å²) in [6, 6.07) is 5.54. The van der Waals surface area contributed by atoms with Gasteiger partial charge in [0.1, 0.15) is 0 Å². The molecule has 0 unspecified atom stereocenters. The summed E-state index contributed by atoms with van der Waals surface area (Å²) in [6.45, 7) is 5.61. The van der Waals surface area contributed by atoms with Crippen molar-refractivity contribution in [3.63, 3.8) is 0 Å². The molecule has 0 bridgehead atoms. The largest absolute Gasteiger partial charge is 0.449 e. The van der Waals surface area contributed by atoms with Gasteiger partial charge in [-0.2, -0.15) is 0 Å². The van der Waals surface area contributed by atoms with Crippen molar-refractivity contribution in [2.75, 3.05) is 6.54 Å². The fourth-order valence-corrected chi connectivity index (χ4v) is 4.20. The molecule has 1 fully saturated rings. The second-order valence-corrected chi connectivity index (χ2v) is 8.72. The minimum absolute atomic E-state index is 0.0676. The molecular formula is C19H28N2O5S. The molecule has 1 amide bonds. The Hall–Kier alpha value is -1.93. The second kappa shape index (κ2) is 9.32. The van der Waals surface area contributed by atoms with Gasteiger partial charge >= 0.3 is 5.97 Å². The number of benzene rings is 1. The van der Waals surface area contributed by atoms with Crippen LogP contribution in [-0.4, -0.2) is 39.0 Å². The van der Waals surface area contributed by atoms with E-state index in [9.17, 15) is 18.0 Å². The van der Waals surface area contributed by atoms with Crippen molar-refractivity contribution >= 4 is 21.9 Å². The quantitative estimate of drug-likeness (QED) is 0.688. The molecule has 1 saturated carbocycles. The maximum absolute atomic E-state index is 12.3. The Balaban J connectivity index is 1.94. The molecule has 2 rings (SSSR count). The fraction of sp³-hybridized carbons (Fsp3) is 0.579. The zero-order valence-electron chi connectivity index (χ0n) is 16.0. The number of carbonyl (C=O) groups is 2. The molecule has 0 radical (unpaired) electrons. The topological polar surface area (TPSA) is 102 Å². The maximum Gasteiger partial charge on any atom is 0.338 e. The molecule has 1 aromatic carbocycles. The van der Waals surface area contributed by atoms with Gasteiger partial charge in [-0.1, -0.05) is 26.7 Å². The first-order valence-corrected chi connectivity index (χ1v) is 10.8. The highest BCUT2D eigenvalue weighted by Crippen LogP contribution is 2.23. The normalized spacial score (nSPS) is 21.3. The van der Waals surface area contributed by atoms with Crippen LogP contribution in [0.1, 0.15) is 56.8 Å². The maximum atomic E-state index is 12.3. The van der Waals surface area contributed by atoms with E-state index in [1.165, 1.54) is 37.6 Å². The van der Waals surface area contributed by atoms with Crippen molar-refractivity contribution in [3.8, 4) is 0 Å². The summed E-state index contributed by atoms with van der Waals surface area (Å²) in [5.74, 6) is -0.563. The van der Waals surface area contributed by atoms with Crippen molar-refractivity contribution in [3.05, 3.63) is 29.8 Å². The summed E-state index contributed by atoms with van der Waals surface area (Å²) >= 11 is 0. The first-order valence-electron chi connectivity index (χ1n) is 9.35. The smallest absolute Gasteiger partial charge is 0.338 e. The number of nitrogens with one attached hydrogen (secondary N) is 2. The van der Waals surface area contributed by atoms with E-state index in [4.69, 9.17) is 4.74 Å². The lowest BCUT2D eigenvalue weighted by molar-refractivity contribution is -0.130. The van der Waals surface area contributed by atoms with E-state index < -0.39 is 22.1 Å². The summed E-state index contributed by atoms with van der Waals surface area (Å²) < 4.78 is 31.4. The summed E-state index contributed by atoms with van der Waals surface area (Å²) in [5.41, 5.74) is 0.191. The zero-order valence-corrected chi connectivity index (χ0v) is 16.8. The number of esters is 1. The minimum atomic E-state index is -3.58. The molecule has 1 aromatic rings. The number of rotatable bonds is 7. The average Bonchev–Trinajstić information content (AvgIpc) is 2.63. The summed E-state index contributed by atoms with van der Waals surface area (Å²) in [7, 11) is -3.58. The van der Waals surface area contributed by atoms with Crippen LogP contribution in [0.25, 0.3) is 0 Å². The Morgan fingerprint density at radius 1 is 1.19 bits per heavy atom. The lowest BCUT2D eigenvalue weighted by atomic mass is 9.86. The Morgan fingerprint density at radius 2 is 1.81 bits per heavy atom. The minimum Gasteiger partial charge on any atom is -0.449 e. The third-order valence-electron chi connectivity index (χ3n) is 4.83. The van der Waals surface area contributed by atoms with Crippen molar-refractivity contribution in [2.45, 2.75) is 63.5 Å². The summed E-state index contributed by atoms with van der Waals surface area (Å²) in [4.78, 5) is 24.6. The van der Waals surface area contributed by atoms with Gasteiger partial charge in [-0.15, -0.1) is 0 Å². The third-order valence-corrected chi connectivity index (χ3v) is 6.39. The van der Waals surface area contributed by atoms with Gasteiger partial charge in [-0.05, 0) is 49.9 Å². The van der Waals surface area contributed by atoms with Crippen LogP contribution in [0.2, 0.25) is 0 Å². The Morgan fingerprint density at radius 3 is 2.41 bits per heavy atom. The predicted molar refractivity (Wildman–Crippen MR) is 102 cm³/mol. The Kier molecular flexibility index (Phi) is 7.38. The van der Waals surface area contributed by atoms with Crippen LogP contribution in [-0.2, 0) is 19.6 Å². The number of ether oxygens (including phenoxy) is 1. The number of carbonyl (C=O) groups excluding carboxylic acids is 2. The highest BCUT2D eigenvalue weighted by Gasteiger charge is 2.26. The first-order chi connectivity index (χ1) is 12.7. The van der Waals surface area contributed by atoms with E-state index in [2.05, 4.69) is 17.0 Å². The van der Waals surface area contributed by atoms with Gasteiger partial charge in [0, 0.05) is 12.6 Å². The SMILES string of the molecule is CCNS(=O)(=O)c1ccc(C(=O)O[C@H](C)C(=O)N[C@@H]2CCCC[C@@H]2C)cc1. The molecule has 0 spiro atoms. The second-order valence-electron chi connectivity index (χ2n) is 6.95. The molecule has 2 N–H and O–H groups in total. The number of sulfonamides is 1. The van der Waals surface area contributed by atoms with Crippen molar-refractivity contribution in [1.29, 1.82) is 0 Å². The summed E-state index contributed by atoms with van der Waals surface area (Å²) in [5, 5.41) is 2.96. The number of hydrogen-bond acceptors (Lipinski definition) is 5. The lowest BCUT2D eigenvalue weighted by Crippen LogP contribution is -2.45. The van der Waals surface area contributed by atoms with Gasteiger partial charge in [-0.25, -0.2) is 17.9 Å². The molecule has 27 heavy (non-hydrogen) atoms. The van der Waals surface area contributed by atoms with Gasteiger partial charge < -0.3 is 10.1 Å².